The molecule has 19 heavy (non-hydrogen) atoms. The van der Waals surface area contributed by atoms with Crippen molar-refractivity contribution in [1.29, 1.82) is 0 Å². The third-order valence-corrected chi connectivity index (χ3v) is 6.33. The van der Waals surface area contributed by atoms with Crippen molar-refractivity contribution in [3.63, 3.8) is 0 Å². The lowest BCUT2D eigenvalue weighted by molar-refractivity contribution is 0.366. The van der Waals surface area contributed by atoms with Gasteiger partial charge in [0.05, 0.1) is 29.5 Å². The summed E-state index contributed by atoms with van der Waals surface area (Å²) in [6.07, 6.45) is 1.72. The zero-order valence-corrected chi connectivity index (χ0v) is 13.8. The molecule has 1 aromatic heterocycles. The zero-order chi connectivity index (χ0) is 13.8. The minimum absolute atomic E-state index is 0.0324. The first-order valence-electron chi connectivity index (χ1n) is 6.40. The monoisotopic (exact) mass is 320 g/mol. The largest absolute Gasteiger partial charge is 0.322 e. The summed E-state index contributed by atoms with van der Waals surface area (Å²) in [6.45, 7) is 1.76. The smallest absolute Gasteiger partial charge is 0.0834 e. The van der Waals surface area contributed by atoms with Gasteiger partial charge in [-0.2, -0.15) is 28.6 Å². The number of hydrogen-bond donors (Lipinski definition) is 1. The number of rotatable bonds is 5. The molecule has 2 atom stereocenters. The molecular weight excluding hydrogens is 300 g/mol. The van der Waals surface area contributed by atoms with Gasteiger partial charge in [-0.25, -0.2) is 0 Å². The van der Waals surface area contributed by atoms with Crippen molar-refractivity contribution in [2.75, 3.05) is 37.9 Å². The molecular formula is C12H21ClN4S2. The molecule has 0 radical (unpaired) electrons. The molecule has 1 fully saturated rings. The number of hydrogen-bond acceptors (Lipinski definition) is 5. The van der Waals surface area contributed by atoms with Gasteiger partial charge in [-0.3, -0.25) is 4.68 Å². The summed E-state index contributed by atoms with van der Waals surface area (Å²) in [5.74, 6) is 3.50. The molecule has 2 rings (SSSR count). The molecule has 2 N–H and O–H groups in total. The van der Waals surface area contributed by atoms with Crippen LogP contribution in [-0.2, 0) is 6.54 Å². The van der Waals surface area contributed by atoms with E-state index in [9.17, 15) is 0 Å². The van der Waals surface area contributed by atoms with Crippen LogP contribution >= 0.6 is 35.1 Å². The number of nitrogens with two attached hydrogens (primary N) is 1. The first-order valence-corrected chi connectivity index (χ1v) is 8.98. The van der Waals surface area contributed by atoms with Crippen molar-refractivity contribution < 1.29 is 0 Å². The lowest BCUT2D eigenvalue weighted by Gasteiger charge is -2.27. The van der Waals surface area contributed by atoms with Crippen LogP contribution in [0.1, 0.15) is 11.7 Å². The number of thioether (sulfide) groups is 2. The maximum absolute atomic E-state index is 6.43. The maximum Gasteiger partial charge on any atom is 0.0834 e. The van der Waals surface area contributed by atoms with Gasteiger partial charge in [-0.1, -0.05) is 11.6 Å². The van der Waals surface area contributed by atoms with E-state index < -0.39 is 0 Å². The highest BCUT2D eigenvalue weighted by Gasteiger charge is 2.27. The fraction of sp³-hybridized carbons (Fsp3) is 0.750. The zero-order valence-electron chi connectivity index (χ0n) is 11.4. The van der Waals surface area contributed by atoms with E-state index in [0.717, 1.165) is 24.5 Å². The Balaban J connectivity index is 2.10. The molecule has 2 unspecified atom stereocenters. The van der Waals surface area contributed by atoms with Crippen LogP contribution in [0.3, 0.4) is 0 Å². The van der Waals surface area contributed by atoms with E-state index in [1.54, 1.807) is 6.20 Å². The van der Waals surface area contributed by atoms with Crippen molar-refractivity contribution in [2.45, 2.75) is 17.8 Å². The molecule has 108 valence electrons. The van der Waals surface area contributed by atoms with Crippen molar-refractivity contribution in [2.24, 2.45) is 5.73 Å². The van der Waals surface area contributed by atoms with Crippen LogP contribution in [0.4, 0.5) is 0 Å². The molecule has 0 bridgehead atoms. The lowest BCUT2D eigenvalue weighted by atomic mass is 10.1. The first kappa shape index (κ1) is 15.5. The van der Waals surface area contributed by atoms with E-state index in [0.29, 0.717) is 10.3 Å². The Labute approximate surface area is 128 Å². The van der Waals surface area contributed by atoms with Gasteiger partial charge in [0.15, 0.2) is 0 Å². The number of nitrogens with zero attached hydrogens (tertiary/aromatic N) is 3. The SMILES string of the molecule is CN(C)CCn1ncc(Cl)c1C(N)C1CSCCS1. The number of aromatic nitrogens is 2. The topological polar surface area (TPSA) is 47.1 Å². The standard InChI is InChI=1S/C12H21ClN4S2/c1-16(2)3-4-17-12(9(13)7-15-17)11(14)10-8-18-5-6-19-10/h7,10-11H,3-6,8,14H2,1-2H3. The first-order chi connectivity index (χ1) is 9.09. The Morgan fingerprint density at radius 1 is 1.58 bits per heavy atom. The average Bonchev–Trinajstić information content (AvgIpc) is 2.78. The second kappa shape index (κ2) is 7.22. The summed E-state index contributed by atoms with van der Waals surface area (Å²) < 4.78 is 1.97. The van der Waals surface area contributed by atoms with E-state index in [2.05, 4.69) is 24.1 Å². The van der Waals surface area contributed by atoms with Crippen molar-refractivity contribution in [1.82, 2.24) is 14.7 Å². The highest BCUT2D eigenvalue weighted by atomic mass is 35.5. The average molecular weight is 321 g/mol. The fourth-order valence-electron chi connectivity index (χ4n) is 2.07. The van der Waals surface area contributed by atoms with Gasteiger partial charge in [0.25, 0.3) is 0 Å². The normalized spacial score (nSPS) is 21.8. The van der Waals surface area contributed by atoms with Gasteiger partial charge in [0.2, 0.25) is 0 Å². The molecule has 1 aliphatic rings. The van der Waals surface area contributed by atoms with E-state index in [1.807, 2.05) is 28.2 Å². The predicted molar refractivity (Wildman–Crippen MR) is 86.3 cm³/mol. The van der Waals surface area contributed by atoms with Crippen LogP contribution in [-0.4, -0.2) is 57.8 Å². The molecule has 7 heteroatoms. The van der Waals surface area contributed by atoms with Gasteiger partial charge in [-0.15, -0.1) is 0 Å². The Morgan fingerprint density at radius 2 is 2.37 bits per heavy atom. The van der Waals surface area contributed by atoms with Crippen molar-refractivity contribution in [3.05, 3.63) is 16.9 Å². The minimum Gasteiger partial charge on any atom is -0.322 e. The lowest BCUT2D eigenvalue weighted by Crippen LogP contribution is -2.32. The molecule has 0 spiro atoms. The molecule has 0 aromatic carbocycles. The second-order valence-corrected chi connectivity index (χ2v) is 7.82. The Bertz CT molecular complexity index is 404. The molecule has 1 aromatic rings. The van der Waals surface area contributed by atoms with Crippen LogP contribution in [0.15, 0.2) is 6.20 Å². The van der Waals surface area contributed by atoms with Crippen molar-refractivity contribution >= 4 is 35.1 Å². The number of halogens is 1. The van der Waals surface area contributed by atoms with Crippen LogP contribution < -0.4 is 5.73 Å². The predicted octanol–water partition coefficient (Wildman–Crippen LogP) is 1.95. The summed E-state index contributed by atoms with van der Waals surface area (Å²) in [5.41, 5.74) is 7.42. The highest BCUT2D eigenvalue weighted by molar-refractivity contribution is 8.06. The van der Waals surface area contributed by atoms with E-state index in [-0.39, 0.29) is 6.04 Å². The molecule has 0 saturated carbocycles. The van der Waals surface area contributed by atoms with Crippen molar-refractivity contribution in [3.8, 4) is 0 Å². The van der Waals surface area contributed by atoms with Gasteiger partial charge in [0, 0.05) is 29.1 Å². The van der Waals surface area contributed by atoms with Gasteiger partial charge < -0.3 is 10.6 Å². The number of likely N-dealkylation sites (N-methyl/N-ethyl adjacent to an activating group) is 1. The molecule has 4 nitrogen and oxygen atoms in total. The van der Waals surface area contributed by atoms with E-state index in [1.165, 1.54) is 11.5 Å². The highest BCUT2D eigenvalue weighted by Crippen LogP contribution is 2.34. The molecule has 0 amide bonds. The van der Waals surface area contributed by atoms with Crippen LogP contribution in [0, 0.1) is 0 Å². The fourth-order valence-corrected chi connectivity index (χ4v) is 5.11. The third-order valence-electron chi connectivity index (χ3n) is 3.15. The summed E-state index contributed by atoms with van der Waals surface area (Å²) in [6, 6.07) is -0.0324. The van der Waals surface area contributed by atoms with Gasteiger partial charge >= 0.3 is 0 Å². The molecule has 0 aliphatic carbocycles. The van der Waals surface area contributed by atoms with Gasteiger partial charge in [0.1, 0.15) is 0 Å². The molecule has 1 saturated heterocycles. The van der Waals surface area contributed by atoms with E-state index in [4.69, 9.17) is 17.3 Å². The molecule has 2 heterocycles. The van der Waals surface area contributed by atoms with Crippen LogP contribution in [0.2, 0.25) is 5.02 Å². The summed E-state index contributed by atoms with van der Waals surface area (Å²) in [4.78, 5) is 2.14. The summed E-state index contributed by atoms with van der Waals surface area (Å²) in [7, 11) is 4.11. The van der Waals surface area contributed by atoms with Crippen LogP contribution in [0.25, 0.3) is 0 Å². The third kappa shape index (κ3) is 4.04. The summed E-state index contributed by atoms with van der Waals surface area (Å²) >= 11 is 10.2. The maximum atomic E-state index is 6.43. The Hall–Kier alpha value is 0.120. The summed E-state index contributed by atoms with van der Waals surface area (Å²) in [5, 5.41) is 5.50. The van der Waals surface area contributed by atoms with Gasteiger partial charge in [-0.05, 0) is 14.1 Å². The Morgan fingerprint density at radius 3 is 3.00 bits per heavy atom. The van der Waals surface area contributed by atoms with E-state index >= 15 is 0 Å². The second-order valence-electron chi connectivity index (χ2n) is 4.91. The minimum atomic E-state index is -0.0324. The molecule has 1 aliphatic heterocycles. The quantitative estimate of drug-likeness (QED) is 0.898. The Kier molecular flexibility index (Phi) is 5.89. The van der Waals surface area contributed by atoms with Crippen LogP contribution in [0.5, 0.6) is 0 Å².